The molecule has 0 aromatic heterocycles. The monoisotopic (exact) mass is 277 g/mol. The van der Waals surface area contributed by atoms with Crippen molar-refractivity contribution in [3.05, 3.63) is 0 Å². The molecule has 1 N–H and O–H groups in total. The summed E-state index contributed by atoms with van der Waals surface area (Å²) in [6.07, 6.45) is 4.70. The number of hydrogen-bond acceptors (Lipinski definition) is 4. The quantitative estimate of drug-likeness (QED) is 0.440. The third-order valence-electron chi connectivity index (χ3n) is 2.91. The lowest BCUT2D eigenvalue weighted by atomic mass is 10.2. The average Bonchev–Trinajstić information content (AvgIpc) is 2.35. The van der Waals surface area contributed by atoms with E-state index < -0.39 is 8.80 Å². The van der Waals surface area contributed by atoms with E-state index in [1.54, 1.807) is 0 Å². The van der Waals surface area contributed by atoms with Gasteiger partial charge in [-0.1, -0.05) is 26.2 Å². The Labute approximate surface area is 114 Å². The van der Waals surface area contributed by atoms with Crippen LogP contribution in [0, 0.1) is 0 Å². The highest BCUT2D eigenvalue weighted by Crippen LogP contribution is 2.19. The van der Waals surface area contributed by atoms with E-state index in [9.17, 15) is 0 Å². The zero-order valence-electron chi connectivity index (χ0n) is 12.8. The van der Waals surface area contributed by atoms with Gasteiger partial charge < -0.3 is 18.6 Å². The van der Waals surface area contributed by atoms with E-state index in [0.29, 0.717) is 19.8 Å². The van der Waals surface area contributed by atoms with E-state index >= 15 is 0 Å². The summed E-state index contributed by atoms with van der Waals surface area (Å²) in [7, 11) is -0.618. The summed E-state index contributed by atoms with van der Waals surface area (Å²) in [6, 6.07) is 0. The Balaban J connectivity index is 4.71. The van der Waals surface area contributed by atoms with E-state index in [-0.39, 0.29) is 5.67 Å². The lowest BCUT2D eigenvalue weighted by molar-refractivity contribution is 0.0574. The highest BCUT2D eigenvalue weighted by molar-refractivity contribution is 6.62. The van der Waals surface area contributed by atoms with Crippen LogP contribution in [0.3, 0.4) is 0 Å². The molecule has 0 rings (SSSR count). The van der Waals surface area contributed by atoms with Crippen LogP contribution in [0.1, 0.15) is 53.4 Å². The van der Waals surface area contributed by atoms with Gasteiger partial charge in [0, 0.05) is 19.8 Å². The Bertz CT molecular complexity index is 176. The minimum Gasteiger partial charge on any atom is -0.373 e. The normalized spacial score (nSPS) is 13.8. The molecule has 0 spiro atoms. The van der Waals surface area contributed by atoms with Crippen LogP contribution in [-0.2, 0) is 13.3 Å². The number of rotatable bonds is 12. The molecule has 0 saturated carbocycles. The average molecular weight is 277 g/mol. The zero-order chi connectivity index (χ0) is 13.9. The first-order valence-corrected chi connectivity index (χ1v) is 9.09. The first-order chi connectivity index (χ1) is 8.70. The second-order valence-electron chi connectivity index (χ2n) is 4.24. The summed E-state index contributed by atoms with van der Waals surface area (Å²) in [5.41, 5.74) is 0.198. The lowest BCUT2D eigenvalue weighted by Gasteiger charge is -2.35. The van der Waals surface area contributed by atoms with Gasteiger partial charge in [0.15, 0.2) is 0 Å². The van der Waals surface area contributed by atoms with Gasteiger partial charge in [0.2, 0.25) is 0 Å². The molecule has 18 heavy (non-hydrogen) atoms. The molecule has 0 saturated heterocycles. The third-order valence-corrected chi connectivity index (χ3v) is 6.41. The van der Waals surface area contributed by atoms with Crippen LogP contribution < -0.4 is 5.32 Å². The number of nitrogens with one attached hydrogen (secondary N) is 1. The molecule has 0 bridgehead atoms. The Kier molecular flexibility index (Phi) is 11.0. The number of unbranched alkanes of at least 4 members (excludes halogenated alkanes) is 2. The molecular weight excluding hydrogens is 246 g/mol. The minimum absolute atomic E-state index is 0.198. The van der Waals surface area contributed by atoms with Crippen molar-refractivity contribution < 1.29 is 13.3 Å². The van der Waals surface area contributed by atoms with Crippen molar-refractivity contribution in [1.82, 2.24) is 5.32 Å². The Morgan fingerprint density at radius 2 is 1.39 bits per heavy atom. The van der Waals surface area contributed by atoms with E-state index in [2.05, 4.69) is 12.2 Å². The summed E-state index contributed by atoms with van der Waals surface area (Å²) < 4.78 is 17.8. The Morgan fingerprint density at radius 3 is 1.72 bits per heavy atom. The third kappa shape index (κ3) is 5.80. The van der Waals surface area contributed by atoms with Crippen LogP contribution in [0.15, 0.2) is 0 Å². The highest BCUT2D eigenvalue weighted by Gasteiger charge is 2.48. The number of hydrogen-bond donors (Lipinski definition) is 1. The van der Waals surface area contributed by atoms with Gasteiger partial charge in [-0.25, -0.2) is 0 Å². The molecule has 1 atom stereocenters. The molecule has 0 aromatic carbocycles. The van der Waals surface area contributed by atoms with Gasteiger partial charge in [0.05, 0.1) is 5.67 Å². The molecule has 110 valence electrons. The van der Waals surface area contributed by atoms with Gasteiger partial charge in [0.1, 0.15) is 0 Å². The maximum atomic E-state index is 5.93. The van der Waals surface area contributed by atoms with Gasteiger partial charge >= 0.3 is 8.80 Å². The molecule has 0 heterocycles. The molecule has 0 aromatic rings. The van der Waals surface area contributed by atoms with Gasteiger partial charge in [-0.05, 0) is 34.2 Å². The molecule has 5 heteroatoms. The summed E-state index contributed by atoms with van der Waals surface area (Å²) >= 11 is 0. The van der Waals surface area contributed by atoms with E-state index in [0.717, 1.165) is 6.42 Å². The topological polar surface area (TPSA) is 39.7 Å². The second kappa shape index (κ2) is 10.9. The summed E-state index contributed by atoms with van der Waals surface area (Å²) in [4.78, 5) is 0. The van der Waals surface area contributed by atoms with Gasteiger partial charge in [-0.15, -0.1) is 0 Å². The summed E-state index contributed by atoms with van der Waals surface area (Å²) in [5.74, 6) is 0. The molecule has 0 aliphatic carbocycles. The lowest BCUT2D eigenvalue weighted by Crippen LogP contribution is -2.61. The van der Waals surface area contributed by atoms with E-state index in [1.165, 1.54) is 19.3 Å². The molecule has 0 aliphatic rings. The predicted molar refractivity (Wildman–Crippen MR) is 77.6 cm³/mol. The Hall–Kier alpha value is 0.0569. The fourth-order valence-corrected chi connectivity index (χ4v) is 5.10. The smallest absolute Gasteiger partial charge is 0.373 e. The second-order valence-corrected chi connectivity index (χ2v) is 7.01. The largest absolute Gasteiger partial charge is 0.518 e. The first kappa shape index (κ1) is 18.1. The molecule has 4 nitrogen and oxygen atoms in total. The van der Waals surface area contributed by atoms with Crippen molar-refractivity contribution in [3.8, 4) is 0 Å². The highest BCUT2D eigenvalue weighted by atomic mass is 28.4. The maximum Gasteiger partial charge on any atom is 0.518 e. The zero-order valence-corrected chi connectivity index (χ0v) is 13.8. The van der Waals surface area contributed by atoms with Gasteiger partial charge in [0.25, 0.3) is 0 Å². The van der Waals surface area contributed by atoms with E-state index in [4.69, 9.17) is 13.3 Å². The van der Waals surface area contributed by atoms with Gasteiger partial charge in [-0.3, -0.25) is 0 Å². The standard InChI is InChI=1S/C13H31NO3Si/c1-6-10-11-12-13(14-5)18(15-7-2,16-8-3)17-9-4/h13-14H,6-12H2,1-5H3. The molecule has 0 fully saturated rings. The van der Waals surface area contributed by atoms with Crippen molar-refractivity contribution in [2.75, 3.05) is 26.9 Å². The minimum atomic E-state index is -2.59. The van der Waals surface area contributed by atoms with Crippen LogP contribution in [0.25, 0.3) is 0 Å². The Morgan fingerprint density at radius 1 is 0.889 bits per heavy atom. The molecule has 0 aliphatic heterocycles. The van der Waals surface area contributed by atoms with Crippen molar-refractivity contribution in [2.24, 2.45) is 0 Å². The van der Waals surface area contributed by atoms with Crippen LogP contribution in [-0.4, -0.2) is 41.3 Å². The summed E-state index contributed by atoms with van der Waals surface area (Å²) in [5, 5.41) is 3.34. The van der Waals surface area contributed by atoms with Crippen molar-refractivity contribution in [3.63, 3.8) is 0 Å². The van der Waals surface area contributed by atoms with Gasteiger partial charge in [-0.2, -0.15) is 0 Å². The van der Waals surface area contributed by atoms with Crippen LogP contribution in [0.4, 0.5) is 0 Å². The predicted octanol–water partition coefficient (Wildman–Crippen LogP) is 2.74. The first-order valence-electron chi connectivity index (χ1n) is 7.29. The fourth-order valence-electron chi connectivity index (χ4n) is 2.13. The van der Waals surface area contributed by atoms with Crippen LogP contribution >= 0.6 is 0 Å². The SMILES string of the molecule is CCCCCC(NC)[Si](OCC)(OCC)OCC. The summed E-state index contributed by atoms with van der Waals surface area (Å²) in [6.45, 7) is 10.1. The van der Waals surface area contributed by atoms with Crippen molar-refractivity contribution in [2.45, 2.75) is 59.0 Å². The molecule has 1 unspecified atom stereocenters. The molecule has 0 amide bonds. The maximum absolute atomic E-state index is 5.93. The van der Waals surface area contributed by atoms with E-state index in [1.807, 2.05) is 27.8 Å². The van der Waals surface area contributed by atoms with Crippen molar-refractivity contribution in [1.29, 1.82) is 0 Å². The fraction of sp³-hybridized carbons (Fsp3) is 1.00. The molecular formula is C13H31NO3Si. The van der Waals surface area contributed by atoms with Crippen LogP contribution in [0.5, 0.6) is 0 Å². The van der Waals surface area contributed by atoms with Crippen LogP contribution in [0.2, 0.25) is 0 Å². The van der Waals surface area contributed by atoms with Crippen molar-refractivity contribution >= 4 is 8.80 Å². The molecule has 0 radical (unpaired) electrons.